The zero-order valence-corrected chi connectivity index (χ0v) is 12.7. The standard InChI is InChI=1S/C13H14BrN3OS/c14-12-5-10(8-19-12)13(18)17-3-1-9(2-4-17)11-6-15-16-7-11/h5-9H,1-4H2,(H,15,16). The highest BCUT2D eigenvalue weighted by atomic mass is 79.9. The number of aromatic amines is 1. The Morgan fingerprint density at radius 3 is 2.84 bits per heavy atom. The molecule has 0 aromatic carbocycles. The second-order valence-electron chi connectivity index (χ2n) is 4.74. The lowest BCUT2D eigenvalue weighted by molar-refractivity contribution is 0.0713. The SMILES string of the molecule is O=C(c1csc(Br)c1)N1CCC(c2cn[nH]c2)CC1. The molecule has 1 saturated heterocycles. The molecule has 4 nitrogen and oxygen atoms in total. The molecule has 1 aliphatic rings. The first-order valence-electron chi connectivity index (χ1n) is 6.26. The van der Waals surface area contributed by atoms with Gasteiger partial charge in [-0.1, -0.05) is 0 Å². The van der Waals surface area contributed by atoms with Gasteiger partial charge in [0.15, 0.2) is 0 Å². The first-order valence-corrected chi connectivity index (χ1v) is 7.93. The van der Waals surface area contributed by atoms with Crippen molar-refractivity contribution in [3.8, 4) is 0 Å². The summed E-state index contributed by atoms with van der Waals surface area (Å²) in [6.45, 7) is 1.64. The van der Waals surface area contributed by atoms with Crippen LogP contribution in [-0.2, 0) is 0 Å². The summed E-state index contributed by atoms with van der Waals surface area (Å²) in [5.74, 6) is 0.671. The molecule has 3 rings (SSSR count). The van der Waals surface area contributed by atoms with Crippen LogP contribution in [0.1, 0.15) is 34.7 Å². The smallest absolute Gasteiger partial charge is 0.254 e. The summed E-state index contributed by atoms with van der Waals surface area (Å²) in [6.07, 6.45) is 5.86. The third kappa shape index (κ3) is 2.74. The summed E-state index contributed by atoms with van der Waals surface area (Å²) in [5.41, 5.74) is 2.05. The van der Waals surface area contributed by atoms with E-state index in [0.717, 1.165) is 35.3 Å². The van der Waals surface area contributed by atoms with Crippen molar-refractivity contribution in [2.24, 2.45) is 0 Å². The molecular weight excluding hydrogens is 326 g/mol. The monoisotopic (exact) mass is 339 g/mol. The van der Waals surface area contributed by atoms with E-state index < -0.39 is 0 Å². The van der Waals surface area contributed by atoms with Gasteiger partial charge in [0.25, 0.3) is 5.91 Å². The molecule has 6 heteroatoms. The van der Waals surface area contributed by atoms with Crippen molar-refractivity contribution >= 4 is 33.2 Å². The largest absolute Gasteiger partial charge is 0.339 e. The normalized spacial score (nSPS) is 16.8. The van der Waals surface area contributed by atoms with Gasteiger partial charge in [-0.2, -0.15) is 5.10 Å². The molecule has 1 N–H and O–H groups in total. The fourth-order valence-corrected chi connectivity index (χ4v) is 3.64. The number of aromatic nitrogens is 2. The maximum absolute atomic E-state index is 12.3. The van der Waals surface area contributed by atoms with Gasteiger partial charge < -0.3 is 4.90 Å². The highest BCUT2D eigenvalue weighted by Gasteiger charge is 2.25. The van der Waals surface area contributed by atoms with Crippen LogP contribution in [0.3, 0.4) is 0 Å². The molecule has 0 saturated carbocycles. The predicted molar refractivity (Wildman–Crippen MR) is 78.5 cm³/mol. The molecule has 0 bridgehead atoms. The molecule has 1 amide bonds. The van der Waals surface area contributed by atoms with Crippen LogP contribution in [-0.4, -0.2) is 34.1 Å². The summed E-state index contributed by atoms with van der Waals surface area (Å²) < 4.78 is 1.00. The van der Waals surface area contributed by atoms with Crippen LogP contribution in [0.25, 0.3) is 0 Å². The van der Waals surface area contributed by atoms with Crippen LogP contribution >= 0.6 is 27.3 Å². The van der Waals surface area contributed by atoms with E-state index >= 15 is 0 Å². The first kappa shape index (κ1) is 12.9. The van der Waals surface area contributed by atoms with E-state index in [4.69, 9.17) is 0 Å². The average molecular weight is 340 g/mol. The number of amides is 1. The molecule has 0 aliphatic carbocycles. The van der Waals surface area contributed by atoms with Gasteiger partial charge in [-0.05, 0) is 46.3 Å². The molecule has 0 atom stereocenters. The van der Waals surface area contributed by atoms with E-state index in [2.05, 4.69) is 26.1 Å². The zero-order valence-electron chi connectivity index (χ0n) is 10.3. The number of hydrogen-bond donors (Lipinski definition) is 1. The number of likely N-dealkylation sites (tertiary alicyclic amines) is 1. The van der Waals surface area contributed by atoms with Gasteiger partial charge in [-0.3, -0.25) is 9.89 Å². The van der Waals surface area contributed by atoms with Gasteiger partial charge >= 0.3 is 0 Å². The zero-order chi connectivity index (χ0) is 13.2. The average Bonchev–Trinajstić information content (AvgIpc) is 3.09. The van der Waals surface area contributed by atoms with E-state index in [1.807, 2.05) is 28.7 Å². The quantitative estimate of drug-likeness (QED) is 0.912. The minimum Gasteiger partial charge on any atom is -0.339 e. The number of carbonyl (C=O) groups excluding carboxylic acids is 1. The lowest BCUT2D eigenvalue weighted by atomic mass is 9.91. The van der Waals surface area contributed by atoms with Crippen molar-refractivity contribution in [1.82, 2.24) is 15.1 Å². The van der Waals surface area contributed by atoms with Crippen molar-refractivity contribution in [3.63, 3.8) is 0 Å². The lowest BCUT2D eigenvalue weighted by Crippen LogP contribution is -2.37. The fraction of sp³-hybridized carbons (Fsp3) is 0.385. The van der Waals surface area contributed by atoms with Crippen LogP contribution in [0, 0.1) is 0 Å². The molecule has 1 fully saturated rings. The van der Waals surface area contributed by atoms with Crippen molar-refractivity contribution < 1.29 is 4.79 Å². The molecule has 1 aliphatic heterocycles. The maximum Gasteiger partial charge on any atom is 0.254 e. The molecule has 0 unspecified atom stereocenters. The minimum atomic E-state index is 0.146. The number of rotatable bonds is 2. The Morgan fingerprint density at radius 2 is 2.26 bits per heavy atom. The number of piperidine rings is 1. The van der Waals surface area contributed by atoms with Crippen molar-refractivity contribution in [1.29, 1.82) is 0 Å². The van der Waals surface area contributed by atoms with Crippen LogP contribution in [0.15, 0.2) is 27.6 Å². The highest BCUT2D eigenvalue weighted by molar-refractivity contribution is 9.11. The van der Waals surface area contributed by atoms with Crippen LogP contribution in [0.2, 0.25) is 0 Å². The fourth-order valence-electron chi connectivity index (χ4n) is 2.50. The summed E-state index contributed by atoms with van der Waals surface area (Å²) in [5, 5.41) is 8.76. The second-order valence-corrected chi connectivity index (χ2v) is 7.03. The van der Waals surface area contributed by atoms with Gasteiger partial charge in [0.2, 0.25) is 0 Å². The Bertz CT molecular complexity index is 558. The number of nitrogens with one attached hydrogen (secondary N) is 1. The summed E-state index contributed by atoms with van der Waals surface area (Å²) >= 11 is 4.95. The van der Waals surface area contributed by atoms with Gasteiger partial charge in [-0.15, -0.1) is 11.3 Å². The van der Waals surface area contributed by atoms with Gasteiger partial charge in [0, 0.05) is 24.7 Å². The van der Waals surface area contributed by atoms with Crippen molar-refractivity contribution in [2.75, 3.05) is 13.1 Å². The lowest BCUT2D eigenvalue weighted by Gasteiger charge is -2.31. The Labute approximate surface area is 123 Å². The number of nitrogens with zero attached hydrogens (tertiary/aromatic N) is 2. The predicted octanol–water partition coefficient (Wildman–Crippen LogP) is 3.25. The molecule has 2 aromatic heterocycles. The van der Waals surface area contributed by atoms with Crippen molar-refractivity contribution in [3.05, 3.63) is 38.8 Å². The Balaban J connectivity index is 1.62. The molecule has 3 heterocycles. The van der Waals surface area contributed by atoms with E-state index in [-0.39, 0.29) is 5.91 Å². The van der Waals surface area contributed by atoms with Gasteiger partial charge in [-0.25, -0.2) is 0 Å². The number of hydrogen-bond acceptors (Lipinski definition) is 3. The van der Waals surface area contributed by atoms with Gasteiger partial charge in [0.05, 0.1) is 15.5 Å². The minimum absolute atomic E-state index is 0.146. The molecule has 0 spiro atoms. The number of thiophene rings is 1. The second kappa shape index (κ2) is 5.46. The first-order chi connectivity index (χ1) is 9.24. The molecule has 19 heavy (non-hydrogen) atoms. The third-order valence-electron chi connectivity index (χ3n) is 3.59. The highest BCUT2D eigenvalue weighted by Crippen LogP contribution is 2.29. The van der Waals surface area contributed by atoms with E-state index in [9.17, 15) is 4.79 Å². The number of halogens is 1. The molecule has 100 valence electrons. The summed E-state index contributed by atoms with van der Waals surface area (Å²) in [4.78, 5) is 14.2. The van der Waals surface area contributed by atoms with Crippen LogP contribution < -0.4 is 0 Å². The number of H-pyrrole nitrogens is 1. The van der Waals surface area contributed by atoms with Crippen LogP contribution in [0.4, 0.5) is 0 Å². The third-order valence-corrected chi connectivity index (χ3v) is 5.09. The number of carbonyl (C=O) groups is 1. The Kier molecular flexibility index (Phi) is 3.70. The summed E-state index contributed by atoms with van der Waals surface area (Å²) in [6, 6.07) is 1.90. The van der Waals surface area contributed by atoms with Gasteiger partial charge in [0.1, 0.15) is 0 Å². The molecule has 0 radical (unpaired) electrons. The maximum atomic E-state index is 12.3. The summed E-state index contributed by atoms with van der Waals surface area (Å²) in [7, 11) is 0. The van der Waals surface area contributed by atoms with Crippen LogP contribution in [0.5, 0.6) is 0 Å². The van der Waals surface area contributed by atoms with E-state index in [0.29, 0.717) is 5.92 Å². The Hall–Kier alpha value is -1.14. The van der Waals surface area contributed by atoms with E-state index in [1.54, 1.807) is 11.3 Å². The Morgan fingerprint density at radius 1 is 1.47 bits per heavy atom. The molecule has 2 aromatic rings. The van der Waals surface area contributed by atoms with Crippen molar-refractivity contribution in [2.45, 2.75) is 18.8 Å². The topological polar surface area (TPSA) is 49.0 Å². The van der Waals surface area contributed by atoms with E-state index in [1.165, 1.54) is 5.56 Å². The molecular formula is C13H14BrN3OS.